The molecule has 2 N–H and O–H groups in total. The third-order valence-electron chi connectivity index (χ3n) is 3.14. The van der Waals surface area contributed by atoms with Crippen molar-refractivity contribution in [2.24, 2.45) is 0 Å². The second kappa shape index (κ2) is 5.57. The molecule has 2 heterocycles. The van der Waals surface area contributed by atoms with Gasteiger partial charge in [-0.15, -0.1) is 0 Å². The van der Waals surface area contributed by atoms with E-state index >= 15 is 0 Å². The lowest BCUT2D eigenvalue weighted by Gasteiger charge is -2.07. The van der Waals surface area contributed by atoms with Gasteiger partial charge in [-0.3, -0.25) is 9.59 Å². The van der Waals surface area contributed by atoms with Crippen molar-refractivity contribution in [3.63, 3.8) is 0 Å². The average Bonchev–Trinajstić information content (AvgIpc) is 2.86. The SMILES string of the molecule is O=C(Cn1ccc2ccccc21)Nc1cc(Br)c[nH]c1=O. The molecule has 1 amide bonds. The number of carbonyl (C=O) groups excluding carboxylic acids is 1. The number of hydrogen-bond donors (Lipinski definition) is 2. The van der Waals surface area contributed by atoms with E-state index in [0.29, 0.717) is 4.47 Å². The van der Waals surface area contributed by atoms with Crippen molar-refractivity contribution < 1.29 is 4.79 Å². The Morgan fingerprint density at radius 1 is 1.29 bits per heavy atom. The molecule has 0 saturated carbocycles. The molecule has 0 atom stereocenters. The molecule has 6 heteroatoms. The molecule has 106 valence electrons. The van der Waals surface area contributed by atoms with Crippen molar-refractivity contribution >= 4 is 38.4 Å². The van der Waals surface area contributed by atoms with Crippen LogP contribution in [0.5, 0.6) is 0 Å². The number of fused-ring (bicyclic) bond motifs is 1. The second-order valence-corrected chi connectivity index (χ2v) is 5.53. The number of halogens is 1. The van der Waals surface area contributed by atoms with Crippen molar-refractivity contribution in [1.29, 1.82) is 0 Å². The number of benzene rings is 1. The summed E-state index contributed by atoms with van der Waals surface area (Å²) in [7, 11) is 0. The van der Waals surface area contributed by atoms with Crippen LogP contribution in [0.1, 0.15) is 0 Å². The first-order chi connectivity index (χ1) is 10.1. The highest BCUT2D eigenvalue weighted by Crippen LogP contribution is 2.15. The minimum Gasteiger partial charge on any atom is -0.338 e. The zero-order valence-corrected chi connectivity index (χ0v) is 12.6. The molecule has 21 heavy (non-hydrogen) atoms. The summed E-state index contributed by atoms with van der Waals surface area (Å²) in [6.07, 6.45) is 3.38. The molecule has 3 aromatic rings. The number of nitrogens with zero attached hydrogens (tertiary/aromatic N) is 1. The van der Waals surface area contributed by atoms with Gasteiger partial charge in [0.05, 0.1) is 0 Å². The summed E-state index contributed by atoms with van der Waals surface area (Å²) in [4.78, 5) is 26.2. The lowest BCUT2D eigenvalue weighted by atomic mass is 10.2. The molecule has 0 saturated heterocycles. The average molecular weight is 346 g/mol. The summed E-state index contributed by atoms with van der Waals surface area (Å²) in [6, 6.07) is 11.3. The number of aromatic nitrogens is 2. The number of para-hydroxylation sites is 1. The molecule has 0 fully saturated rings. The van der Waals surface area contributed by atoms with E-state index in [0.717, 1.165) is 10.9 Å². The van der Waals surface area contributed by atoms with Gasteiger partial charge in [0.1, 0.15) is 12.2 Å². The largest absolute Gasteiger partial charge is 0.338 e. The lowest BCUT2D eigenvalue weighted by molar-refractivity contribution is -0.116. The van der Waals surface area contributed by atoms with Gasteiger partial charge in [0.25, 0.3) is 5.56 Å². The molecule has 0 aliphatic rings. The highest BCUT2D eigenvalue weighted by Gasteiger charge is 2.08. The van der Waals surface area contributed by atoms with Gasteiger partial charge in [0.2, 0.25) is 5.91 Å². The van der Waals surface area contributed by atoms with E-state index in [4.69, 9.17) is 0 Å². The number of carbonyl (C=O) groups is 1. The van der Waals surface area contributed by atoms with Crippen LogP contribution in [0.4, 0.5) is 5.69 Å². The van der Waals surface area contributed by atoms with E-state index in [9.17, 15) is 9.59 Å². The van der Waals surface area contributed by atoms with Gasteiger partial charge in [0, 0.05) is 22.4 Å². The van der Waals surface area contributed by atoms with Crippen molar-refractivity contribution in [2.75, 3.05) is 5.32 Å². The number of nitrogens with one attached hydrogen (secondary N) is 2. The summed E-state index contributed by atoms with van der Waals surface area (Å²) in [5.74, 6) is -0.250. The van der Waals surface area contributed by atoms with Gasteiger partial charge in [-0.05, 0) is 39.5 Å². The molecular weight excluding hydrogens is 334 g/mol. The Morgan fingerprint density at radius 3 is 2.95 bits per heavy atom. The molecule has 1 aromatic carbocycles. The highest BCUT2D eigenvalue weighted by molar-refractivity contribution is 9.10. The first-order valence-corrected chi connectivity index (χ1v) is 7.15. The van der Waals surface area contributed by atoms with Crippen molar-refractivity contribution in [2.45, 2.75) is 6.54 Å². The molecular formula is C15H12BrN3O2. The van der Waals surface area contributed by atoms with E-state index in [1.165, 1.54) is 6.20 Å². The maximum absolute atomic E-state index is 12.1. The number of aromatic amines is 1. The molecule has 0 bridgehead atoms. The summed E-state index contributed by atoms with van der Waals surface area (Å²) in [6.45, 7) is 0.152. The molecule has 0 unspecified atom stereocenters. The van der Waals surface area contributed by atoms with Gasteiger partial charge >= 0.3 is 0 Å². The van der Waals surface area contributed by atoms with Crippen molar-refractivity contribution in [3.05, 3.63) is 63.6 Å². The predicted molar refractivity (Wildman–Crippen MR) is 85.3 cm³/mol. The first kappa shape index (κ1) is 13.6. The topological polar surface area (TPSA) is 66.9 Å². The fourth-order valence-corrected chi connectivity index (χ4v) is 2.52. The van der Waals surface area contributed by atoms with E-state index in [-0.39, 0.29) is 23.7 Å². The van der Waals surface area contributed by atoms with Gasteiger partial charge in [-0.25, -0.2) is 0 Å². The Hall–Kier alpha value is -2.34. The summed E-state index contributed by atoms with van der Waals surface area (Å²) >= 11 is 3.25. The maximum Gasteiger partial charge on any atom is 0.271 e. The van der Waals surface area contributed by atoms with Crippen LogP contribution in [0.3, 0.4) is 0 Å². The van der Waals surface area contributed by atoms with Gasteiger partial charge < -0.3 is 14.9 Å². The minimum atomic E-state index is -0.330. The van der Waals surface area contributed by atoms with E-state index in [1.54, 1.807) is 6.07 Å². The van der Waals surface area contributed by atoms with Crippen LogP contribution in [0, 0.1) is 0 Å². The number of rotatable bonds is 3. The summed E-state index contributed by atoms with van der Waals surface area (Å²) < 4.78 is 2.54. The van der Waals surface area contributed by atoms with Gasteiger partial charge in [0.15, 0.2) is 0 Å². The van der Waals surface area contributed by atoms with Crippen molar-refractivity contribution in [3.8, 4) is 0 Å². The Balaban J connectivity index is 1.80. The molecule has 3 rings (SSSR count). The molecule has 0 spiro atoms. The zero-order valence-electron chi connectivity index (χ0n) is 11.0. The maximum atomic E-state index is 12.1. The minimum absolute atomic E-state index is 0.152. The van der Waals surface area contributed by atoms with E-state index in [2.05, 4.69) is 26.2 Å². The standard InChI is InChI=1S/C15H12BrN3O2/c16-11-7-12(15(21)17-8-11)18-14(20)9-19-6-5-10-3-1-2-4-13(10)19/h1-8H,9H2,(H,17,21)(H,18,20). The molecule has 0 aliphatic carbocycles. The fourth-order valence-electron chi connectivity index (χ4n) is 2.17. The quantitative estimate of drug-likeness (QED) is 0.766. The Labute approximate surface area is 128 Å². The first-order valence-electron chi connectivity index (χ1n) is 6.35. The van der Waals surface area contributed by atoms with Crippen molar-refractivity contribution in [1.82, 2.24) is 9.55 Å². The molecule has 2 aromatic heterocycles. The number of anilines is 1. The summed E-state index contributed by atoms with van der Waals surface area (Å²) in [5, 5.41) is 3.70. The number of hydrogen-bond acceptors (Lipinski definition) is 2. The smallest absolute Gasteiger partial charge is 0.271 e. The Bertz CT molecular complexity index is 866. The normalized spacial score (nSPS) is 10.7. The summed E-state index contributed by atoms with van der Waals surface area (Å²) in [5.41, 5.74) is 0.880. The fraction of sp³-hybridized carbons (Fsp3) is 0.0667. The van der Waals surface area contributed by atoms with Crippen LogP contribution in [-0.4, -0.2) is 15.5 Å². The van der Waals surface area contributed by atoms with Crippen LogP contribution in [0.15, 0.2) is 58.1 Å². The predicted octanol–water partition coefficient (Wildman–Crippen LogP) is 2.73. The number of amides is 1. The zero-order chi connectivity index (χ0) is 14.8. The van der Waals surface area contributed by atoms with Crippen LogP contribution in [0.2, 0.25) is 0 Å². The van der Waals surface area contributed by atoms with Gasteiger partial charge in [-0.2, -0.15) is 0 Å². The number of pyridine rings is 1. The van der Waals surface area contributed by atoms with Gasteiger partial charge in [-0.1, -0.05) is 18.2 Å². The molecule has 0 aliphatic heterocycles. The van der Waals surface area contributed by atoms with E-state index in [1.807, 2.05) is 41.1 Å². The lowest BCUT2D eigenvalue weighted by Crippen LogP contribution is -2.23. The Morgan fingerprint density at radius 2 is 2.10 bits per heavy atom. The van der Waals surface area contributed by atoms with E-state index < -0.39 is 0 Å². The number of H-pyrrole nitrogens is 1. The third-order valence-corrected chi connectivity index (χ3v) is 3.59. The monoisotopic (exact) mass is 345 g/mol. The van der Waals surface area contributed by atoms with Crippen LogP contribution in [-0.2, 0) is 11.3 Å². The Kier molecular flexibility index (Phi) is 3.62. The van der Waals surface area contributed by atoms with Crippen LogP contribution < -0.4 is 10.9 Å². The third kappa shape index (κ3) is 2.90. The second-order valence-electron chi connectivity index (χ2n) is 4.61. The van der Waals surface area contributed by atoms with Crippen LogP contribution >= 0.6 is 15.9 Å². The van der Waals surface area contributed by atoms with Crippen LogP contribution in [0.25, 0.3) is 10.9 Å². The molecule has 5 nitrogen and oxygen atoms in total. The molecule has 0 radical (unpaired) electrons. The highest BCUT2D eigenvalue weighted by atomic mass is 79.9.